The Hall–Kier alpha value is -1.81. The highest BCUT2D eigenvalue weighted by Gasteiger charge is 2.14. The summed E-state index contributed by atoms with van der Waals surface area (Å²) in [6, 6.07) is 11.7. The number of amides is 1. The van der Waals surface area contributed by atoms with Crippen LogP contribution in [0.1, 0.15) is 26.5 Å². The van der Waals surface area contributed by atoms with Crippen molar-refractivity contribution >= 4 is 17.2 Å². The van der Waals surface area contributed by atoms with Gasteiger partial charge in [-0.25, -0.2) is 0 Å². The van der Waals surface area contributed by atoms with Crippen molar-refractivity contribution in [3.05, 3.63) is 51.7 Å². The predicted molar refractivity (Wildman–Crippen MR) is 87.3 cm³/mol. The maximum atomic E-state index is 12.3. The van der Waals surface area contributed by atoms with Gasteiger partial charge in [0.1, 0.15) is 5.75 Å². The molecule has 0 aliphatic rings. The SMILES string of the molecule is Cc1cc(C(=O)N(C)CCCOc2ccccc2)sc1C. The minimum Gasteiger partial charge on any atom is -0.494 e. The van der Waals surface area contributed by atoms with Gasteiger partial charge in [-0.2, -0.15) is 0 Å². The minimum absolute atomic E-state index is 0.0934. The molecule has 0 bridgehead atoms. The summed E-state index contributed by atoms with van der Waals surface area (Å²) in [5, 5.41) is 0. The zero-order chi connectivity index (χ0) is 15.2. The summed E-state index contributed by atoms with van der Waals surface area (Å²) in [4.78, 5) is 16.1. The molecular formula is C17H21NO2S. The van der Waals surface area contributed by atoms with Crippen LogP contribution in [0.15, 0.2) is 36.4 Å². The van der Waals surface area contributed by atoms with Gasteiger partial charge in [-0.15, -0.1) is 11.3 Å². The van der Waals surface area contributed by atoms with Crippen LogP contribution < -0.4 is 4.74 Å². The zero-order valence-electron chi connectivity index (χ0n) is 12.8. The van der Waals surface area contributed by atoms with Crippen LogP contribution in [-0.2, 0) is 0 Å². The lowest BCUT2D eigenvalue weighted by molar-refractivity contribution is 0.0792. The van der Waals surface area contributed by atoms with Gasteiger partial charge in [-0.05, 0) is 44.0 Å². The molecule has 0 atom stereocenters. The molecule has 0 saturated heterocycles. The molecule has 0 N–H and O–H groups in total. The van der Waals surface area contributed by atoms with E-state index < -0.39 is 0 Å². The number of hydrogen-bond donors (Lipinski definition) is 0. The van der Waals surface area contributed by atoms with Gasteiger partial charge in [0, 0.05) is 18.5 Å². The lowest BCUT2D eigenvalue weighted by atomic mass is 10.2. The van der Waals surface area contributed by atoms with E-state index in [-0.39, 0.29) is 5.91 Å². The Bertz CT molecular complexity index is 573. The van der Waals surface area contributed by atoms with E-state index in [0.29, 0.717) is 13.2 Å². The number of benzene rings is 1. The van der Waals surface area contributed by atoms with Gasteiger partial charge in [-0.1, -0.05) is 18.2 Å². The maximum Gasteiger partial charge on any atom is 0.263 e. The second kappa shape index (κ2) is 7.27. The summed E-state index contributed by atoms with van der Waals surface area (Å²) in [6.07, 6.45) is 0.820. The summed E-state index contributed by atoms with van der Waals surface area (Å²) >= 11 is 1.56. The molecular weight excluding hydrogens is 282 g/mol. The summed E-state index contributed by atoms with van der Waals surface area (Å²) in [6.45, 7) is 5.40. The summed E-state index contributed by atoms with van der Waals surface area (Å²) in [5.74, 6) is 0.965. The van der Waals surface area contributed by atoms with Gasteiger partial charge in [0.05, 0.1) is 11.5 Å². The highest BCUT2D eigenvalue weighted by Crippen LogP contribution is 2.21. The van der Waals surface area contributed by atoms with E-state index >= 15 is 0 Å². The van der Waals surface area contributed by atoms with Crippen molar-refractivity contribution < 1.29 is 9.53 Å². The van der Waals surface area contributed by atoms with Gasteiger partial charge in [0.25, 0.3) is 5.91 Å². The number of rotatable bonds is 6. The molecule has 1 heterocycles. The molecule has 1 aromatic heterocycles. The molecule has 112 valence electrons. The number of hydrogen-bond acceptors (Lipinski definition) is 3. The standard InChI is InChI=1S/C17H21NO2S/c1-13-12-16(21-14(13)2)17(19)18(3)10-7-11-20-15-8-5-4-6-9-15/h4-6,8-9,12H,7,10-11H2,1-3H3. The van der Waals surface area contributed by atoms with E-state index in [1.807, 2.05) is 57.3 Å². The number of nitrogens with zero attached hydrogens (tertiary/aromatic N) is 1. The highest BCUT2D eigenvalue weighted by molar-refractivity contribution is 7.14. The summed E-state index contributed by atoms with van der Waals surface area (Å²) in [7, 11) is 1.84. The van der Waals surface area contributed by atoms with Crippen molar-refractivity contribution in [3.63, 3.8) is 0 Å². The maximum absolute atomic E-state index is 12.3. The van der Waals surface area contributed by atoms with E-state index in [9.17, 15) is 4.79 Å². The van der Waals surface area contributed by atoms with Crippen LogP contribution in [0.2, 0.25) is 0 Å². The monoisotopic (exact) mass is 303 g/mol. The number of carbonyl (C=O) groups is 1. The van der Waals surface area contributed by atoms with Crippen molar-refractivity contribution in [2.24, 2.45) is 0 Å². The van der Waals surface area contributed by atoms with E-state index in [4.69, 9.17) is 4.74 Å². The fraction of sp³-hybridized carbons (Fsp3) is 0.353. The quantitative estimate of drug-likeness (QED) is 0.757. The Balaban J connectivity index is 1.76. The van der Waals surface area contributed by atoms with E-state index in [1.54, 1.807) is 16.2 Å². The van der Waals surface area contributed by atoms with Crippen LogP contribution in [-0.4, -0.2) is 31.0 Å². The number of carbonyl (C=O) groups excluding carboxylic acids is 1. The number of aryl methyl sites for hydroxylation is 2. The Kier molecular flexibility index (Phi) is 5.39. The Morgan fingerprint density at radius 3 is 2.57 bits per heavy atom. The van der Waals surface area contributed by atoms with Gasteiger partial charge >= 0.3 is 0 Å². The molecule has 0 fully saturated rings. The third kappa shape index (κ3) is 4.33. The first-order valence-corrected chi connectivity index (χ1v) is 7.90. The van der Waals surface area contributed by atoms with E-state index in [2.05, 4.69) is 0 Å². The number of ether oxygens (including phenoxy) is 1. The van der Waals surface area contributed by atoms with Crippen LogP contribution in [0.4, 0.5) is 0 Å². The molecule has 0 radical (unpaired) electrons. The van der Waals surface area contributed by atoms with Gasteiger partial charge < -0.3 is 9.64 Å². The fourth-order valence-electron chi connectivity index (χ4n) is 1.98. The third-order valence-electron chi connectivity index (χ3n) is 3.37. The van der Waals surface area contributed by atoms with Crippen molar-refractivity contribution in [1.82, 2.24) is 4.90 Å². The smallest absolute Gasteiger partial charge is 0.263 e. The van der Waals surface area contributed by atoms with Gasteiger partial charge in [0.2, 0.25) is 0 Å². The van der Waals surface area contributed by atoms with Crippen molar-refractivity contribution in [1.29, 1.82) is 0 Å². The second-order valence-corrected chi connectivity index (χ2v) is 6.35. The normalized spacial score (nSPS) is 10.4. The Morgan fingerprint density at radius 2 is 1.95 bits per heavy atom. The topological polar surface area (TPSA) is 29.5 Å². The summed E-state index contributed by atoms with van der Waals surface area (Å²) < 4.78 is 5.63. The molecule has 4 heteroatoms. The average Bonchev–Trinajstić information content (AvgIpc) is 2.83. The average molecular weight is 303 g/mol. The van der Waals surface area contributed by atoms with Crippen molar-refractivity contribution in [2.45, 2.75) is 20.3 Å². The molecule has 0 aliphatic carbocycles. The third-order valence-corrected chi connectivity index (χ3v) is 4.51. The first-order valence-electron chi connectivity index (χ1n) is 7.08. The second-order valence-electron chi connectivity index (χ2n) is 5.09. The lowest BCUT2D eigenvalue weighted by Gasteiger charge is -2.16. The van der Waals surface area contributed by atoms with Crippen LogP contribution in [0.3, 0.4) is 0 Å². The van der Waals surface area contributed by atoms with Crippen molar-refractivity contribution in [3.8, 4) is 5.75 Å². The first kappa shape index (κ1) is 15.6. The fourth-order valence-corrected chi connectivity index (χ4v) is 3.01. The molecule has 1 aromatic carbocycles. The van der Waals surface area contributed by atoms with Crippen LogP contribution in [0.5, 0.6) is 5.75 Å². The Morgan fingerprint density at radius 1 is 1.24 bits per heavy atom. The van der Waals surface area contributed by atoms with Gasteiger partial charge in [0.15, 0.2) is 0 Å². The van der Waals surface area contributed by atoms with E-state index in [0.717, 1.165) is 17.0 Å². The predicted octanol–water partition coefficient (Wildman–Crippen LogP) is 3.91. The number of thiophene rings is 1. The van der Waals surface area contributed by atoms with Crippen molar-refractivity contribution in [2.75, 3.05) is 20.2 Å². The Labute approximate surface area is 130 Å². The molecule has 2 aromatic rings. The molecule has 0 spiro atoms. The molecule has 21 heavy (non-hydrogen) atoms. The molecule has 2 rings (SSSR count). The molecule has 1 amide bonds. The van der Waals surface area contributed by atoms with E-state index in [1.165, 1.54) is 10.4 Å². The molecule has 3 nitrogen and oxygen atoms in total. The molecule has 0 unspecified atom stereocenters. The molecule has 0 saturated carbocycles. The first-order chi connectivity index (χ1) is 10.1. The van der Waals surface area contributed by atoms with Crippen LogP contribution in [0, 0.1) is 13.8 Å². The van der Waals surface area contributed by atoms with Gasteiger partial charge in [-0.3, -0.25) is 4.79 Å². The largest absolute Gasteiger partial charge is 0.494 e. The highest BCUT2D eigenvalue weighted by atomic mass is 32.1. The minimum atomic E-state index is 0.0934. The molecule has 0 aliphatic heterocycles. The zero-order valence-corrected chi connectivity index (χ0v) is 13.6. The van der Waals surface area contributed by atoms with Crippen LogP contribution >= 0.6 is 11.3 Å². The van der Waals surface area contributed by atoms with Crippen LogP contribution in [0.25, 0.3) is 0 Å². The summed E-state index contributed by atoms with van der Waals surface area (Å²) in [5.41, 5.74) is 1.18. The lowest BCUT2D eigenvalue weighted by Crippen LogP contribution is -2.28. The number of para-hydroxylation sites is 1.